The number of H-pyrrole nitrogens is 2. The second-order valence-corrected chi connectivity index (χ2v) is 17.8. The first kappa shape index (κ1) is 46.7. The van der Waals surface area contributed by atoms with Crippen molar-refractivity contribution in [1.29, 1.82) is 0 Å². The quantitative estimate of drug-likeness (QED) is 0.0959. The van der Waals surface area contributed by atoms with Crippen LogP contribution in [0.15, 0.2) is 66.9 Å². The lowest BCUT2D eigenvalue weighted by molar-refractivity contribution is -0.140. The largest absolute Gasteiger partial charge is 0.453 e. The van der Waals surface area contributed by atoms with E-state index in [-0.39, 0.29) is 49.3 Å². The minimum absolute atomic E-state index is 0.102. The minimum Gasteiger partial charge on any atom is -0.453 e. The van der Waals surface area contributed by atoms with Gasteiger partial charge in [0, 0.05) is 53.9 Å². The van der Waals surface area contributed by atoms with Gasteiger partial charge in [-0.2, -0.15) is 0 Å². The summed E-state index contributed by atoms with van der Waals surface area (Å²) in [5, 5.41) is 5.37. The second-order valence-electron chi connectivity index (χ2n) is 17.8. The fourth-order valence-corrected chi connectivity index (χ4v) is 7.91. The van der Waals surface area contributed by atoms with Crippen molar-refractivity contribution in [3.63, 3.8) is 0 Å². The summed E-state index contributed by atoms with van der Waals surface area (Å²) >= 11 is 0. The molecule has 0 aliphatic carbocycles. The number of amides is 5. The first-order valence-electron chi connectivity index (χ1n) is 21.7. The van der Waals surface area contributed by atoms with E-state index < -0.39 is 42.0 Å². The lowest BCUT2D eigenvalue weighted by atomic mass is 10.0. The smallest absolute Gasteiger partial charge is 0.410 e. The molecule has 4 N–H and O–H groups in total. The number of nitrogens with one attached hydrogen (secondary N) is 4. The Balaban J connectivity index is 1.13. The van der Waals surface area contributed by atoms with Crippen molar-refractivity contribution in [1.82, 2.24) is 40.3 Å². The number of hydrogen-bond acceptors (Lipinski definition) is 9. The van der Waals surface area contributed by atoms with Crippen molar-refractivity contribution >= 4 is 30.1 Å². The molecule has 0 bridgehead atoms. The topological polar surface area (TPSA) is 191 Å². The van der Waals surface area contributed by atoms with Gasteiger partial charge in [-0.15, -0.1) is 0 Å². The molecule has 16 nitrogen and oxygen atoms in total. The number of aromatic amines is 2. The molecule has 4 atom stereocenters. The molecule has 16 heteroatoms. The number of carbonyl (C=O) groups is 5. The van der Waals surface area contributed by atoms with Crippen LogP contribution in [0.3, 0.4) is 0 Å². The molecule has 6 rings (SSSR count). The van der Waals surface area contributed by atoms with Gasteiger partial charge in [0.15, 0.2) is 0 Å². The van der Waals surface area contributed by atoms with Crippen LogP contribution in [-0.2, 0) is 23.8 Å². The van der Waals surface area contributed by atoms with Gasteiger partial charge in [0.2, 0.25) is 11.8 Å². The van der Waals surface area contributed by atoms with Crippen molar-refractivity contribution in [2.45, 2.75) is 91.1 Å². The molecular weight excluding hydrogens is 817 g/mol. The molecule has 340 valence electrons. The third kappa shape index (κ3) is 11.2. The Morgan fingerprint density at radius 3 is 1.81 bits per heavy atom. The van der Waals surface area contributed by atoms with Crippen molar-refractivity contribution in [3.8, 4) is 34.4 Å². The van der Waals surface area contributed by atoms with Crippen LogP contribution in [-0.4, -0.2) is 118 Å². The average molecular weight is 877 g/mol. The van der Waals surface area contributed by atoms with E-state index in [2.05, 4.69) is 32.4 Å². The van der Waals surface area contributed by atoms with Gasteiger partial charge >= 0.3 is 18.3 Å². The van der Waals surface area contributed by atoms with Gasteiger partial charge in [-0.1, -0.05) is 63.8 Å². The van der Waals surface area contributed by atoms with E-state index >= 15 is 0 Å². The highest BCUT2D eigenvalue weighted by Crippen LogP contribution is 2.34. The van der Waals surface area contributed by atoms with E-state index in [4.69, 9.17) is 19.2 Å². The number of hydrogen-bond donors (Lipinski definition) is 4. The van der Waals surface area contributed by atoms with Gasteiger partial charge in [0.1, 0.15) is 29.6 Å². The lowest BCUT2D eigenvalue weighted by Crippen LogP contribution is -2.58. The maximum atomic E-state index is 14.0. The molecule has 0 saturated carbocycles. The summed E-state index contributed by atoms with van der Waals surface area (Å²) in [6.45, 7) is 14.1. The van der Waals surface area contributed by atoms with E-state index in [0.717, 1.165) is 46.5 Å². The molecular formula is C48H60N8O8. The van der Waals surface area contributed by atoms with E-state index in [1.165, 1.54) is 14.2 Å². The fourth-order valence-electron chi connectivity index (χ4n) is 7.91. The van der Waals surface area contributed by atoms with Crippen molar-refractivity contribution in [2.75, 3.05) is 40.4 Å². The molecule has 2 fully saturated rings. The lowest BCUT2D eigenvalue weighted by Gasteiger charge is -2.42. The van der Waals surface area contributed by atoms with Crippen molar-refractivity contribution < 1.29 is 38.2 Å². The number of imidazole rings is 1. The molecule has 2 saturated heterocycles. The molecule has 0 unspecified atom stereocenters. The predicted molar refractivity (Wildman–Crippen MR) is 241 cm³/mol. The third-order valence-electron chi connectivity index (χ3n) is 11.3. The maximum Gasteiger partial charge on any atom is 0.410 e. The minimum atomic E-state index is -0.854. The van der Waals surface area contributed by atoms with E-state index in [9.17, 15) is 24.0 Å². The Bertz CT molecular complexity index is 2350. The first-order chi connectivity index (χ1) is 30.5. The highest BCUT2D eigenvalue weighted by atomic mass is 16.6. The summed E-state index contributed by atoms with van der Waals surface area (Å²) in [4.78, 5) is 81.6. The summed E-state index contributed by atoms with van der Waals surface area (Å²) in [7, 11) is 2.54. The summed E-state index contributed by atoms with van der Waals surface area (Å²) in [5.74, 6) is 6.21. The maximum absolute atomic E-state index is 14.0. The molecule has 4 heterocycles. The summed E-state index contributed by atoms with van der Waals surface area (Å²) in [5.41, 5.74) is 5.29. The van der Waals surface area contributed by atoms with Crippen LogP contribution >= 0.6 is 0 Å². The molecule has 64 heavy (non-hydrogen) atoms. The standard InChI is InChI=1S/C48H60N8O8/c1-29(2)40(52-45(59)62-8)43(57)55-24-10-11-38(55)36-23-22-35(50-36)33-18-14-31(15-19-33)12-13-32-16-20-34(21-17-32)37-27-49-42(51-37)39-28-54(47(61)64-48(5,6)7)25-26-56(39)44(58)41(30(3)4)53-46(60)63-9/h14-23,27,29-30,38-41,50H,10-11,24-26,28H2,1-9H3,(H,49,51)(H,52,59)(H,53,60)/t38-,39-,40-,41-/m0/s1. The zero-order valence-electron chi connectivity index (χ0n) is 38.1. The predicted octanol–water partition coefficient (Wildman–Crippen LogP) is 7.02. The Morgan fingerprint density at radius 1 is 0.734 bits per heavy atom. The normalized spacial score (nSPS) is 17.3. The van der Waals surface area contributed by atoms with Crippen LogP contribution < -0.4 is 10.6 Å². The van der Waals surface area contributed by atoms with Gasteiger partial charge in [0.05, 0.1) is 32.5 Å². The highest BCUT2D eigenvalue weighted by Gasteiger charge is 2.41. The number of aromatic nitrogens is 3. The number of benzene rings is 2. The van der Waals surface area contributed by atoms with Crippen LogP contribution in [0, 0.1) is 23.7 Å². The number of methoxy groups -OCH3 is 2. The van der Waals surface area contributed by atoms with Crippen LogP contribution in [0.1, 0.15) is 96.0 Å². The van der Waals surface area contributed by atoms with E-state index in [1.807, 2.05) is 93.3 Å². The van der Waals surface area contributed by atoms with Crippen LogP contribution in [0.4, 0.5) is 14.4 Å². The molecule has 0 spiro atoms. The number of ether oxygens (including phenoxy) is 3. The third-order valence-corrected chi connectivity index (χ3v) is 11.3. The van der Waals surface area contributed by atoms with Gasteiger partial charge in [-0.25, -0.2) is 19.4 Å². The number of alkyl carbamates (subject to hydrolysis) is 2. The molecule has 4 aromatic rings. The number of likely N-dealkylation sites (tertiary alicyclic amines) is 1. The Hall–Kier alpha value is -6.76. The number of carbonyl (C=O) groups excluding carboxylic acids is 5. The molecule has 2 aliphatic heterocycles. The van der Waals surface area contributed by atoms with Gasteiger partial charge in [0.25, 0.3) is 0 Å². The molecule has 2 aliphatic rings. The number of rotatable bonds is 10. The Morgan fingerprint density at radius 2 is 1.28 bits per heavy atom. The monoisotopic (exact) mass is 876 g/mol. The summed E-state index contributed by atoms with van der Waals surface area (Å²) in [6.07, 6.45) is 1.64. The van der Waals surface area contributed by atoms with E-state index in [0.29, 0.717) is 18.1 Å². The van der Waals surface area contributed by atoms with Crippen molar-refractivity contribution in [3.05, 3.63) is 89.5 Å². The molecule has 2 aromatic heterocycles. The average Bonchev–Trinajstić information content (AvgIpc) is 4.08. The SMILES string of the molecule is COC(=O)N[C@H](C(=O)N1CCC[C@H]1c1ccc(-c2ccc(C#Cc3ccc(-c4c[nH]c([C@@H]5CN(C(=O)OC(C)(C)C)CCN5C(=O)[C@@H](NC(=O)OC)C(C)C)n4)cc3)cc2)[nH]1)C(C)C. The summed E-state index contributed by atoms with van der Waals surface area (Å²) < 4.78 is 15.2. The zero-order chi connectivity index (χ0) is 46.3. The number of nitrogens with zero attached hydrogens (tertiary/aromatic N) is 4. The van der Waals surface area contributed by atoms with Crippen LogP contribution in [0.25, 0.3) is 22.5 Å². The van der Waals surface area contributed by atoms with Crippen LogP contribution in [0.5, 0.6) is 0 Å². The second kappa shape index (κ2) is 20.2. The molecule has 0 radical (unpaired) electrons. The van der Waals surface area contributed by atoms with Gasteiger partial charge < -0.3 is 49.5 Å². The van der Waals surface area contributed by atoms with Crippen LogP contribution in [0.2, 0.25) is 0 Å². The fraction of sp³-hybridized carbons (Fsp3) is 0.458. The molecule has 2 aromatic carbocycles. The van der Waals surface area contributed by atoms with Gasteiger partial charge in [-0.3, -0.25) is 9.59 Å². The Kier molecular flexibility index (Phi) is 14.7. The highest BCUT2D eigenvalue weighted by molar-refractivity contribution is 5.87. The Labute approximate surface area is 374 Å². The number of piperazine rings is 1. The zero-order valence-corrected chi connectivity index (χ0v) is 38.1. The van der Waals surface area contributed by atoms with E-state index in [1.54, 1.807) is 36.8 Å². The van der Waals surface area contributed by atoms with Crippen molar-refractivity contribution in [2.24, 2.45) is 11.8 Å². The first-order valence-corrected chi connectivity index (χ1v) is 21.7. The van der Waals surface area contributed by atoms with Gasteiger partial charge in [-0.05, 0) is 87.4 Å². The summed E-state index contributed by atoms with van der Waals surface area (Å²) in [6, 6.07) is 17.4. The molecule has 5 amide bonds.